The van der Waals surface area contributed by atoms with Gasteiger partial charge in [0.1, 0.15) is 29.3 Å². The van der Waals surface area contributed by atoms with E-state index in [9.17, 15) is 10.1 Å². The first kappa shape index (κ1) is 19.9. The number of carbonyl (C=O) groups excluding carboxylic acids is 1. The van der Waals surface area contributed by atoms with Crippen molar-refractivity contribution in [3.8, 4) is 17.4 Å². The summed E-state index contributed by atoms with van der Waals surface area (Å²) in [6, 6.07) is 22.4. The zero-order chi connectivity index (χ0) is 21.1. The summed E-state index contributed by atoms with van der Waals surface area (Å²) in [5, 5.41) is 13.1. The largest absolute Gasteiger partial charge is 0.457 e. The topological polar surface area (TPSA) is 69.3 Å². The molecule has 1 N–H and O–H groups in total. The van der Waals surface area contributed by atoms with Crippen LogP contribution in [0.5, 0.6) is 0 Å². The van der Waals surface area contributed by atoms with Crippen molar-refractivity contribution < 1.29 is 9.21 Å². The van der Waals surface area contributed by atoms with Crippen molar-refractivity contribution in [3.63, 3.8) is 0 Å². The second-order valence-corrected chi connectivity index (χ2v) is 7.36. The number of furan rings is 1. The molecule has 0 radical (unpaired) electrons. The van der Waals surface area contributed by atoms with Gasteiger partial charge in [0.25, 0.3) is 5.91 Å². The monoisotopic (exact) mass is 433 g/mol. The molecule has 1 aliphatic rings. The molecule has 1 aliphatic heterocycles. The van der Waals surface area contributed by atoms with Gasteiger partial charge in [0.2, 0.25) is 0 Å². The summed E-state index contributed by atoms with van der Waals surface area (Å²) in [5.41, 5.74) is 1.68. The molecular weight excluding hydrogens is 418 g/mol. The Kier molecular flexibility index (Phi) is 5.66. The second kappa shape index (κ2) is 8.54. The Morgan fingerprint density at radius 2 is 1.83 bits per heavy atom. The maximum Gasteiger partial charge on any atom is 0.266 e. The Labute approximate surface area is 184 Å². The molecule has 0 aliphatic carbocycles. The first-order valence-electron chi connectivity index (χ1n) is 9.09. The maximum absolute atomic E-state index is 12.3. The van der Waals surface area contributed by atoms with E-state index in [0.717, 1.165) is 11.3 Å². The first-order valence-corrected chi connectivity index (χ1v) is 9.92. The van der Waals surface area contributed by atoms with Crippen molar-refractivity contribution in [1.29, 1.82) is 5.26 Å². The number of halogens is 1. The van der Waals surface area contributed by atoms with E-state index in [1.807, 2.05) is 60.7 Å². The van der Waals surface area contributed by atoms with E-state index in [1.54, 1.807) is 29.2 Å². The number of amides is 1. The summed E-state index contributed by atoms with van der Waals surface area (Å²) in [6.07, 6.45) is 3.03. The molecule has 2 heterocycles. The van der Waals surface area contributed by atoms with Crippen molar-refractivity contribution in [3.05, 3.63) is 94.2 Å². The van der Waals surface area contributed by atoms with E-state index < -0.39 is 12.1 Å². The van der Waals surface area contributed by atoms with E-state index in [0.29, 0.717) is 21.6 Å². The van der Waals surface area contributed by atoms with Crippen LogP contribution in [-0.2, 0) is 4.79 Å². The molecule has 148 valence electrons. The minimum absolute atomic E-state index is 0.0325. The first-order chi connectivity index (χ1) is 14.6. The predicted octanol–water partition coefficient (Wildman–Crippen LogP) is 5.24. The van der Waals surface area contributed by atoms with Crippen molar-refractivity contribution in [2.24, 2.45) is 0 Å². The average Bonchev–Trinajstić information content (AvgIpc) is 3.22. The average molecular weight is 434 g/mol. The minimum Gasteiger partial charge on any atom is -0.457 e. The van der Waals surface area contributed by atoms with E-state index in [-0.39, 0.29) is 5.57 Å². The normalized spacial score (nSPS) is 16.6. The molecule has 0 saturated carbocycles. The lowest BCUT2D eigenvalue weighted by molar-refractivity contribution is -0.117. The Morgan fingerprint density at radius 1 is 1.10 bits per heavy atom. The number of nitrogens with zero attached hydrogens (tertiary/aromatic N) is 2. The van der Waals surface area contributed by atoms with Gasteiger partial charge in [-0.3, -0.25) is 4.79 Å². The number of nitrogens with one attached hydrogen (secondary N) is 1. The Hall–Kier alpha value is -3.40. The lowest BCUT2D eigenvalue weighted by Crippen LogP contribution is -2.51. The van der Waals surface area contributed by atoms with Crippen LogP contribution < -0.4 is 10.2 Å². The lowest BCUT2D eigenvalue weighted by atomic mass is 10.1. The van der Waals surface area contributed by atoms with Gasteiger partial charge >= 0.3 is 0 Å². The van der Waals surface area contributed by atoms with Crippen LogP contribution in [0.15, 0.2) is 87.8 Å². The number of hydrogen-bond acceptors (Lipinski definition) is 5. The Balaban J connectivity index is 1.63. The molecule has 4 rings (SSSR count). The second-order valence-electron chi connectivity index (χ2n) is 6.50. The quantitative estimate of drug-likeness (QED) is 0.552. The van der Waals surface area contributed by atoms with Gasteiger partial charge in [-0.2, -0.15) is 5.26 Å². The molecule has 5 nitrogen and oxygen atoms in total. The molecule has 7 heteroatoms. The zero-order valence-electron chi connectivity index (χ0n) is 15.6. The van der Waals surface area contributed by atoms with Gasteiger partial charge in [0.05, 0.1) is 5.03 Å². The third-order valence-corrected chi connectivity index (χ3v) is 5.27. The van der Waals surface area contributed by atoms with Gasteiger partial charge < -0.3 is 14.6 Å². The van der Waals surface area contributed by atoms with Crippen LogP contribution in [0, 0.1) is 11.3 Å². The van der Waals surface area contributed by atoms with Gasteiger partial charge in [0.15, 0.2) is 0 Å². The number of nitriles is 1. The van der Waals surface area contributed by atoms with Crippen molar-refractivity contribution in [1.82, 2.24) is 5.32 Å². The van der Waals surface area contributed by atoms with Crippen LogP contribution in [0.25, 0.3) is 17.4 Å². The molecular formula is C23H16ClN3O2S. The van der Waals surface area contributed by atoms with Crippen molar-refractivity contribution in [2.45, 2.75) is 6.17 Å². The van der Waals surface area contributed by atoms with Crippen molar-refractivity contribution in [2.75, 3.05) is 4.90 Å². The predicted molar refractivity (Wildman–Crippen MR) is 121 cm³/mol. The number of anilines is 1. The molecule has 0 fully saturated rings. The van der Waals surface area contributed by atoms with Gasteiger partial charge in [-0.25, -0.2) is 0 Å². The van der Waals surface area contributed by atoms with E-state index in [4.69, 9.17) is 16.0 Å². The molecule has 0 spiro atoms. The van der Waals surface area contributed by atoms with Crippen LogP contribution in [0.4, 0.5) is 5.69 Å². The summed E-state index contributed by atoms with van der Waals surface area (Å²) in [7, 11) is 0. The number of carbonyl (C=O) groups is 1. The highest BCUT2D eigenvalue weighted by Crippen LogP contribution is 2.30. The Morgan fingerprint density at radius 3 is 2.53 bits per heavy atom. The van der Waals surface area contributed by atoms with Crippen molar-refractivity contribution >= 4 is 41.9 Å². The number of rotatable bonds is 4. The number of benzene rings is 2. The fraction of sp³-hybridized carbons (Fsp3) is 0.0435. The van der Waals surface area contributed by atoms with Gasteiger partial charge in [0, 0.05) is 16.3 Å². The van der Waals surface area contributed by atoms with Crippen LogP contribution >= 0.6 is 24.2 Å². The molecule has 0 saturated heterocycles. The summed E-state index contributed by atoms with van der Waals surface area (Å²) >= 11 is 10.4. The lowest BCUT2D eigenvalue weighted by Gasteiger charge is -2.36. The van der Waals surface area contributed by atoms with Gasteiger partial charge in [-0.05, 0) is 60.7 Å². The molecule has 2 aromatic carbocycles. The third kappa shape index (κ3) is 3.99. The molecule has 0 bridgehead atoms. The van der Waals surface area contributed by atoms with Gasteiger partial charge in [-0.1, -0.05) is 29.8 Å². The molecule has 3 aromatic rings. The van der Waals surface area contributed by atoms with E-state index in [2.05, 4.69) is 17.9 Å². The number of hydrogen-bond donors (Lipinski definition) is 2. The summed E-state index contributed by atoms with van der Waals surface area (Å²) < 4.78 is 5.89. The highest BCUT2D eigenvalue weighted by atomic mass is 35.5. The van der Waals surface area contributed by atoms with E-state index >= 15 is 0 Å². The summed E-state index contributed by atoms with van der Waals surface area (Å²) in [4.78, 5) is 14.1. The highest BCUT2D eigenvalue weighted by Gasteiger charge is 2.31. The minimum atomic E-state index is -0.534. The van der Waals surface area contributed by atoms with Crippen LogP contribution in [0.2, 0.25) is 5.02 Å². The fourth-order valence-electron chi connectivity index (χ4n) is 3.13. The summed E-state index contributed by atoms with van der Waals surface area (Å²) in [6.45, 7) is 0. The van der Waals surface area contributed by atoms with E-state index in [1.165, 1.54) is 0 Å². The van der Waals surface area contributed by atoms with Gasteiger partial charge in [-0.15, -0.1) is 12.6 Å². The third-order valence-electron chi connectivity index (χ3n) is 4.58. The summed E-state index contributed by atoms with van der Waals surface area (Å²) in [5.74, 6) is 0.865. The number of thiol groups is 1. The Bertz CT molecular complexity index is 1180. The molecule has 1 unspecified atom stereocenters. The molecule has 30 heavy (non-hydrogen) atoms. The highest BCUT2D eigenvalue weighted by molar-refractivity contribution is 7.84. The van der Waals surface area contributed by atoms with Crippen LogP contribution in [-0.4, -0.2) is 12.1 Å². The van der Waals surface area contributed by atoms with Crippen LogP contribution in [0.3, 0.4) is 0 Å². The molecule has 1 atom stereocenters. The smallest absolute Gasteiger partial charge is 0.266 e. The fourth-order valence-corrected chi connectivity index (χ4v) is 3.65. The zero-order valence-corrected chi connectivity index (χ0v) is 17.3. The molecule has 1 aromatic heterocycles. The maximum atomic E-state index is 12.3. The molecule has 1 amide bonds. The van der Waals surface area contributed by atoms with Crippen LogP contribution in [0.1, 0.15) is 5.76 Å². The SMILES string of the molecule is N#CC1=C(S)N(c2ccccc2)C(C=Cc2ccc(-c3ccc(Cl)cc3)o2)NC1=O. The number of para-hydroxylation sites is 1. The standard InChI is InChI=1S/C23H16ClN3O2S/c24-16-8-6-15(7-9-16)20-12-10-18(29-20)11-13-21-26-22(28)19(14-25)23(30)27(21)17-4-2-1-3-5-17/h1-13,21,30H,(H,26,28).